The first-order valence-corrected chi connectivity index (χ1v) is 6.68. The van der Waals surface area contributed by atoms with Gasteiger partial charge in [0.05, 0.1) is 6.61 Å². The molecule has 0 atom stereocenters. The Morgan fingerprint density at radius 1 is 0.789 bits per heavy atom. The molecule has 0 spiro atoms. The van der Waals surface area contributed by atoms with Crippen molar-refractivity contribution < 1.29 is 4.74 Å². The first-order valence-electron chi connectivity index (χ1n) is 6.68. The van der Waals surface area contributed by atoms with Gasteiger partial charge in [-0.25, -0.2) is 0 Å². The molecule has 0 fully saturated rings. The molecule has 0 aromatic heterocycles. The average molecular weight is 248 g/mol. The Balaban J connectivity index is 0.00000180. The van der Waals surface area contributed by atoms with Gasteiger partial charge in [0.25, 0.3) is 0 Å². The van der Waals surface area contributed by atoms with Gasteiger partial charge in [0, 0.05) is 0 Å². The van der Waals surface area contributed by atoms with Crippen LogP contribution in [0.3, 0.4) is 0 Å². The summed E-state index contributed by atoms with van der Waals surface area (Å²) < 4.78 is 5.70. The van der Waals surface area contributed by atoms with E-state index < -0.39 is 0 Å². The molecule has 0 N–H and O–H groups in total. The first kappa shape index (κ1) is 15.9. The van der Waals surface area contributed by atoms with Gasteiger partial charge in [-0.05, 0) is 29.7 Å². The summed E-state index contributed by atoms with van der Waals surface area (Å²) in [6, 6.07) is 18.7. The number of hydrogen-bond donors (Lipinski definition) is 0. The second kappa shape index (κ2) is 8.86. The van der Waals surface area contributed by atoms with Crippen LogP contribution in [0.2, 0.25) is 0 Å². The number of benzene rings is 2. The van der Waals surface area contributed by atoms with E-state index in [4.69, 9.17) is 4.74 Å². The van der Waals surface area contributed by atoms with E-state index in [2.05, 4.69) is 43.3 Å². The zero-order valence-corrected chi connectivity index (χ0v) is 10.9. The van der Waals surface area contributed by atoms with Crippen molar-refractivity contribution >= 4 is 18.9 Å². The number of unbranched alkanes of at least 4 members (excludes halogenated alkanes) is 2. The fourth-order valence-electron chi connectivity index (χ4n) is 1.92. The van der Waals surface area contributed by atoms with Crippen molar-refractivity contribution in [1.29, 1.82) is 0 Å². The summed E-state index contributed by atoms with van der Waals surface area (Å²) in [4.78, 5) is 0. The van der Waals surface area contributed by atoms with Gasteiger partial charge < -0.3 is 4.74 Å². The predicted octanol–water partition coefficient (Wildman–Crippen LogP) is 4.27. The zero-order valence-electron chi connectivity index (χ0n) is 10.9. The van der Waals surface area contributed by atoms with Crippen LogP contribution in [0.4, 0.5) is 0 Å². The van der Waals surface area contributed by atoms with E-state index in [1.807, 2.05) is 18.2 Å². The van der Waals surface area contributed by atoms with Gasteiger partial charge in [0.1, 0.15) is 5.75 Å². The van der Waals surface area contributed by atoms with E-state index in [1.165, 1.54) is 24.0 Å². The maximum absolute atomic E-state index is 5.70. The van der Waals surface area contributed by atoms with Gasteiger partial charge in [0.2, 0.25) is 0 Å². The molecule has 2 heteroatoms. The third-order valence-electron chi connectivity index (χ3n) is 2.98. The Morgan fingerprint density at radius 2 is 1.42 bits per heavy atom. The molecule has 2 aromatic rings. The molecule has 0 radical (unpaired) electrons. The summed E-state index contributed by atoms with van der Waals surface area (Å²) in [6.07, 6.45) is 3.61. The van der Waals surface area contributed by atoms with Gasteiger partial charge in [-0.3, -0.25) is 0 Å². The molecular weight excluding hydrogens is 227 g/mol. The molecule has 0 aliphatic carbocycles. The van der Waals surface area contributed by atoms with Crippen molar-refractivity contribution in [1.82, 2.24) is 0 Å². The summed E-state index contributed by atoms with van der Waals surface area (Å²) in [5.41, 5.74) is 2.48. The van der Waals surface area contributed by atoms with Gasteiger partial charge in [-0.1, -0.05) is 62.2 Å². The minimum absolute atomic E-state index is 0. The van der Waals surface area contributed by atoms with Gasteiger partial charge in [0.15, 0.2) is 0 Å². The fraction of sp³-hybridized carbons (Fsp3) is 0.294. The maximum atomic E-state index is 5.70. The summed E-state index contributed by atoms with van der Waals surface area (Å²) in [7, 11) is 0. The number of rotatable bonds is 6. The molecule has 96 valence electrons. The summed E-state index contributed by atoms with van der Waals surface area (Å²) in [5, 5.41) is 0. The predicted molar refractivity (Wildman–Crippen MR) is 84.0 cm³/mol. The molecule has 0 saturated heterocycles. The standard InChI is InChI=1S/C17H20O.Li.H/c1-2-3-7-14-18-17-12-10-16(11-13-17)15-8-5-4-6-9-15;;/h4-6,8-13H,2-3,7,14H2,1H3;;. The van der Waals surface area contributed by atoms with Crippen molar-refractivity contribution in [3.63, 3.8) is 0 Å². The molecule has 0 saturated carbocycles. The minimum atomic E-state index is 0. The molecule has 0 aliphatic heterocycles. The molecule has 0 bridgehead atoms. The second-order valence-corrected chi connectivity index (χ2v) is 4.45. The van der Waals surface area contributed by atoms with Crippen LogP contribution in [0.15, 0.2) is 54.6 Å². The van der Waals surface area contributed by atoms with E-state index in [9.17, 15) is 0 Å². The van der Waals surface area contributed by atoms with Crippen LogP contribution in [0.25, 0.3) is 11.1 Å². The zero-order chi connectivity index (χ0) is 12.6. The molecule has 1 nitrogen and oxygen atoms in total. The molecule has 0 heterocycles. The Kier molecular flexibility index (Phi) is 7.41. The molecule has 19 heavy (non-hydrogen) atoms. The van der Waals surface area contributed by atoms with Crippen molar-refractivity contribution in [3.8, 4) is 16.9 Å². The molecule has 0 aliphatic rings. The van der Waals surface area contributed by atoms with Crippen LogP contribution in [-0.2, 0) is 0 Å². The van der Waals surface area contributed by atoms with Gasteiger partial charge in [-0.15, -0.1) is 0 Å². The third kappa shape index (κ3) is 5.15. The van der Waals surface area contributed by atoms with Gasteiger partial charge >= 0.3 is 18.9 Å². The molecule has 2 rings (SSSR count). The Hall–Kier alpha value is -1.16. The van der Waals surface area contributed by atoms with E-state index in [0.29, 0.717) is 0 Å². The van der Waals surface area contributed by atoms with Crippen LogP contribution in [0, 0.1) is 0 Å². The molecule has 2 aromatic carbocycles. The van der Waals surface area contributed by atoms with Crippen LogP contribution >= 0.6 is 0 Å². The Morgan fingerprint density at radius 3 is 2.05 bits per heavy atom. The van der Waals surface area contributed by atoms with Crippen molar-refractivity contribution in [3.05, 3.63) is 54.6 Å². The van der Waals surface area contributed by atoms with E-state index in [-0.39, 0.29) is 18.9 Å². The monoisotopic (exact) mass is 248 g/mol. The Bertz CT molecular complexity index is 450. The number of hydrogen-bond acceptors (Lipinski definition) is 1. The molecule has 0 unspecified atom stereocenters. The average Bonchev–Trinajstić information content (AvgIpc) is 2.45. The van der Waals surface area contributed by atoms with Crippen LogP contribution in [0.5, 0.6) is 5.75 Å². The van der Waals surface area contributed by atoms with E-state index >= 15 is 0 Å². The van der Waals surface area contributed by atoms with Crippen molar-refractivity contribution in [2.75, 3.05) is 6.61 Å². The summed E-state index contributed by atoms with van der Waals surface area (Å²) in [5.74, 6) is 0.964. The van der Waals surface area contributed by atoms with E-state index in [0.717, 1.165) is 18.8 Å². The SMILES string of the molecule is CCCCCOc1ccc(-c2ccccc2)cc1.[LiH]. The topological polar surface area (TPSA) is 9.23 Å². The molecular formula is C17H21LiO. The van der Waals surface area contributed by atoms with E-state index in [1.54, 1.807) is 0 Å². The normalized spacial score (nSPS) is 9.74. The Labute approximate surface area is 128 Å². The van der Waals surface area contributed by atoms with Crippen LogP contribution < -0.4 is 4.74 Å². The second-order valence-electron chi connectivity index (χ2n) is 4.45. The molecule has 0 amide bonds. The fourth-order valence-corrected chi connectivity index (χ4v) is 1.92. The first-order chi connectivity index (χ1) is 8.90. The third-order valence-corrected chi connectivity index (χ3v) is 2.98. The van der Waals surface area contributed by atoms with Crippen LogP contribution in [-0.4, -0.2) is 25.5 Å². The summed E-state index contributed by atoms with van der Waals surface area (Å²) >= 11 is 0. The summed E-state index contributed by atoms with van der Waals surface area (Å²) in [6.45, 7) is 3.02. The van der Waals surface area contributed by atoms with Crippen molar-refractivity contribution in [2.45, 2.75) is 26.2 Å². The number of ether oxygens (including phenoxy) is 1. The van der Waals surface area contributed by atoms with Crippen molar-refractivity contribution in [2.24, 2.45) is 0 Å². The van der Waals surface area contributed by atoms with Gasteiger partial charge in [-0.2, -0.15) is 0 Å². The van der Waals surface area contributed by atoms with Crippen LogP contribution in [0.1, 0.15) is 26.2 Å². The quantitative estimate of drug-likeness (QED) is 0.548.